The molecule has 1 aliphatic rings. The van der Waals surface area contributed by atoms with Crippen molar-refractivity contribution in [3.8, 4) is 0 Å². The second-order valence-corrected chi connectivity index (χ2v) is 7.00. The summed E-state index contributed by atoms with van der Waals surface area (Å²) in [7, 11) is 0. The summed E-state index contributed by atoms with van der Waals surface area (Å²) in [5, 5.41) is 3.74. The second kappa shape index (κ2) is 8.97. The highest BCUT2D eigenvalue weighted by Gasteiger charge is 2.31. The van der Waals surface area contributed by atoms with Gasteiger partial charge in [-0.2, -0.15) is 0 Å². The average Bonchev–Trinajstić information content (AvgIpc) is 2.53. The Kier molecular flexibility index (Phi) is 8.93. The average molecular weight is 271 g/mol. The van der Waals surface area contributed by atoms with Crippen LogP contribution in [-0.2, 0) is 0 Å². The summed E-state index contributed by atoms with van der Waals surface area (Å²) in [6.07, 6.45) is 2.64. The van der Waals surface area contributed by atoms with E-state index >= 15 is 0 Å². The Balaban J connectivity index is 0.00000154. The van der Waals surface area contributed by atoms with Crippen molar-refractivity contribution in [3.63, 3.8) is 0 Å². The van der Waals surface area contributed by atoms with Crippen molar-refractivity contribution in [2.75, 3.05) is 19.6 Å². The van der Waals surface area contributed by atoms with Crippen molar-refractivity contribution in [1.29, 1.82) is 0 Å². The van der Waals surface area contributed by atoms with Crippen LogP contribution in [0, 0.1) is 11.3 Å². The molecule has 0 saturated carbocycles. The van der Waals surface area contributed by atoms with Gasteiger partial charge in [0.1, 0.15) is 0 Å². The Morgan fingerprint density at radius 3 is 2.21 bits per heavy atom. The fraction of sp³-hybridized carbons (Fsp3) is 1.00. The van der Waals surface area contributed by atoms with Gasteiger partial charge in [-0.1, -0.05) is 55.4 Å². The molecule has 0 bridgehead atoms. The molecule has 1 aliphatic heterocycles. The summed E-state index contributed by atoms with van der Waals surface area (Å²) in [5.41, 5.74) is 0.425. The van der Waals surface area contributed by atoms with E-state index in [9.17, 15) is 0 Å². The first-order valence-electron chi connectivity index (χ1n) is 8.31. The molecule has 0 aromatic carbocycles. The van der Waals surface area contributed by atoms with Crippen molar-refractivity contribution < 1.29 is 0 Å². The van der Waals surface area contributed by atoms with Crippen LogP contribution in [0.25, 0.3) is 0 Å². The summed E-state index contributed by atoms with van der Waals surface area (Å²) >= 11 is 0. The molecule has 1 N–H and O–H groups in total. The molecular weight excluding hydrogens is 232 g/mol. The van der Waals surface area contributed by atoms with Gasteiger partial charge in [0.15, 0.2) is 0 Å². The molecule has 116 valence electrons. The molecule has 1 saturated heterocycles. The molecule has 2 unspecified atom stereocenters. The molecule has 0 amide bonds. The number of hydrogen-bond donors (Lipinski definition) is 1. The molecular formula is C17H38N2. The van der Waals surface area contributed by atoms with E-state index in [0.717, 1.165) is 5.92 Å². The fourth-order valence-electron chi connectivity index (χ4n) is 2.81. The third-order valence-electron chi connectivity index (χ3n) is 4.08. The quantitative estimate of drug-likeness (QED) is 0.828. The lowest BCUT2D eigenvalue weighted by molar-refractivity contribution is 0.160. The van der Waals surface area contributed by atoms with Gasteiger partial charge in [-0.3, -0.25) is 0 Å². The standard InChI is InChI=1S/C15H32N2.C2H6/c1-7-17-9-8-14(16-12(2)3)10-13(11-17)15(4,5)6;1-2/h12-14,16H,7-11H2,1-6H3;1-2H3. The van der Waals surface area contributed by atoms with E-state index in [2.05, 4.69) is 51.8 Å². The summed E-state index contributed by atoms with van der Waals surface area (Å²) in [6.45, 7) is 21.7. The van der Waals surface area contributed by atoms with Crippen molar-refractivity contribution >= 4 is 0 Å². The van der Waals surface area contributed by atoms with Gasteiger partial charge < -0.3 is 10.2 Å². The van der Waals surface area contributed by atoms with E-state index in [1.54, 1.807) is 0 Å². The van der Waals surface area contributed by atoms with Crippen LogP contribution in [0.1, 0.15) is 68.2 Å². The minimum atomic E-state index is 0.425. The molecule has 1 fully saturated rings. The summed E-state index contributed by atoms with van der Waals surface area (Å²) in [5.74, 6) is 0.807. The minimum Gasteiger partial charge on any atom is -0.312 e. The lowest BCUT2D eigenvalue weighted by Crippen LogP contribution is -2.38. The Morgan fingerprint density at radius 1 is 1.21 bits per heavy atom. The van der Waals surface area contributed by atoms with Crippen LogP contribution in [-0.4, -0.2) is 36.6 Å². The van der Waals surface area contributed by atoms with Crippen molar-refractivity contribution in [1.82, 2.24) is 10.2 Å². The zero-order valence-electron chi connectivity index (χ0n) is 14.7. The van der Waals surface area contributed by atoms with Gasteiger partial charge in [-0.25, -0.2) is 0 Å². The van der Waals surface area contributed by atoms with E-state index in [4.69, 9.17) is 0 Å². The number of nitrogens with one attached hydrogen (secondary N) is 1. The molecule has 0 aromatic rings. The van der Waals surface area contributed by atoms with E-state index in [0.29, 0.717) is 17.5 Å². The number of rotatable bonds is 3. The van der Waals surface area contributed by atoms with Gasteiger partial charge in [-0.15, -0.1) is 0 Å². The Labute approximate surface area is 122 Å². The van der Waals surface area contributed by atoms with E-state index < -0.39 is 0 Å². The Bertz CT molecular complexity index is 218. The second-order valence-electron chi connectivity index (χ2n) is 7.00. The molecule has 1 heterocycles. The molecule has 0 radical (unpaired) electrons. The Morgan fingerprint density at radius 2 is 1.79 bits per heavy atom. The van der Waals surface area contributed by atoms with E-state index in [1.807, 2.05) is 13.8 Å². The summed E-state index contributed by atoms with van der Waals surface area (Å²) < 4.78 is 0. The topological polar surface area (TPSA) is 15.3 Å². The van der Waals surface area contributed by atoms with Crippen LogP contribution in [0.15, 0.2) is 0 Å². The smallest absolute Gasteiger partial charge is 0.00849 e. The lowest BCUT2D eigenvalue weighted by atomic mass is 9.77. The molecule has 0 aromatic heterocycles. The van der Waals surface area contributed by atoms with Crippen LogP contribution in [0.3, 0.4) is 0 Å². The highest BCUT2D eigenvalue weighted by Crippen LogP contribution is 2.33. The number of likely N-dealkylation sites (tertiary alicyclic amines) is 1. The van der Waals surface area contributed by atoms with Crippen LogP contribution in [0.2, 0.25) is 0 Å². The number of hydrogen-bond acceptors (Lipinski definition) is 2. The molecule has 0 aliphatic carbocycles. The zero-order chi connectivity index (χ0) is 15.1. The molecule has 1 rings (SSSR count). The largest absolute Gasteiger partial charge is 0.312 e. The maximum atomic E-state index is 3.74. The van der Waals surface area contributed by atoms with Gasteiger partial charge >= 0.3 is 0 Å². The van der Waals surface area contributed by atoms with Crippen LogP contribution >= 0.6 is 0 Å². The van der Waals surface area contributed by atoms with Crippen molar-refractivity contribution in [2.24, 2.45) is 11.3 Å². The lowest BCUT2D eigenvalue weighted by Gasteiger charge is -2.34. The predicted octanol–water partition coefficient (Wildman–Crippen LogP) is 4.16. The maximum Gasteiger partial charge on any atom is 0.00849 e. The van der Waals surface area contributed by atoms with Gasteiger partial charge in [0.2, 0.25) is 0 Å². The third-order valence-corrected chi connectivity index (χ3v) is 4.08. The first-order valence-corrected chi connectivity index (χ1v) is 8.31. The van der Waals surface area contributed by atoms with Gasteiger partial charge in [0.25, 0.3) is 0 Å². The third kappa shape index (κ3) is 7.31. The first-order chi connectivity index (χ1) is 8.82. The molecule has 0 spiro atoms. The minimum absolute atomic E-state index is 0.425. The molecule has 19 heavy (non-hydrogen) atoms. The van der Waals surface area contributed by atoms with Crippen molar-refractivity contribution in [2.45, 2.75) is 80.3 Å². The first kappa shape index (κ1) is 18.9. The fourth-order valence-corrected chi connectivity index (χ4v) is 2.81. The number of nitrogens with zero attached hydrogens (tertiary/aromatic N) is 1. The van der Waals surface area contributed by atoms with E-state index in [1.165, 1.54) is 32.5 Å². The van der Waals surface area contributed by atoms with Gasteiger partial charge in [0.05, 0.1) is 0 Å². The summed E-state index contributed by atoms with van der Waals surface area (Å²) in [4.78, 5) is 2.62. The molecule has 2 nitrogen and oxygen atoms in total. The normalized spacial score (nSPS) is 25.7. The summed E-state index contributed by atoms with van der Waals surface area (Å²) in [6, 6.07) is 1.31. The Hall–Kier alpha value is -0.0800. The zero-order valence-corrected chi connectivity index (χ0v) is 14.7. The SMILES string of the molecule is CC.CCN1CCC(NC(C)C)CC(C(C)(C)C)C1. The van der Waals surface area contributed by atoms with Gasteiger partial charge in [-0.05, 0) is 37.3 Å². The highest BCUT2D eigenvalue weighted by molar-refractivity contribution is 4.86. The monoisotopic (exact) mass is 270 g/mol. The van der Waals surface area contributed by atoms with Crippen molar-refractivity contribution in [3.05, 3.63) is 0 Å². The molecule has 2 heteroatoms. The van der Waals surface area contributed by atoms with Crippen LogP contribution < -0.4 is 5.32 Å². The molecule has 2 atom stereocenters. The van der Waals surface area contributed by atoms with Crippen LogP contribution in [0.5, 0.6) is 0 Å². The van der Waals surface area contributed by atoms with Crippen LogP contribution in [0.4, 0.5) is 0 Å². The highest BCUT2D eigenvalue weighted by atomic mass is 15.1. The van der Waals surface area contributed by atoms with Gasteiger partial charge in [0, 0.05) is 18.6 Å². The maximum absolute atomic E-state index is 3.74. The predicted molar refractivity (Wildman–Crippen MR) is 87.7 cm³/mol. The van der Waals surface area contributed by atoms with E-state index in [-0.39, 0.29) is 0 Å².